The summed E-state index contributed by atoms with van der Waals surface area (Å²) in [4.78, 5) is 43.3. The van der Waals surface area contributed by atoms with Crippen molar-refractivity contribution in [1.29, 1.82) is 0 Å². The summed E-state index contributed by atoms with van der Waals surface area (Å²) in [5, 5.41) is 11.6. The summed E-state index contributed by atoms with van der Waals surface area (Å²) < 4.78 is 24.1. The quantitative estimate of drug-likeness (QED) is 0.169. The largest absolute Gasteiger partial charge is 0.497 e. The molecule has 11 nitrogen and oxygen atoms in total. The molecule has 0 saturated carbocycles. The van der Waals surface area contributed by atoms with Crippen LogP contribution >= 0.6 is 11.3 Å². The van der Waals surface area contributed by atoms with Crippen molar-refractivity contribution in [2.75, 3.05) is 20.8 Å². The molecule has 3 heterocycles. The lowest BCUT2D eigenvalue weighted by molar-refractivity contribution is -0.384. The summed E-state index contributed by atoms with van der Waals surface area (Å²) >= 11 is 1.13. The Morgan fingerprint density at radius 3 is 2.62 bits per heavy atom. The maximum absolute atomic E-state index is 14.0. The predicted molar refractivity (Wildman–Crippen MR) is 155 cm³/mol. The highest BCUT2D eigenvalue weighted by molar-refractivity contribution is 7.07. The number of aryl methyl sites for hydroxylation is 1. The molecule has 0 spiro atoms. The van der Waals surface area contributed by atoms with Crippen LogP contribution in [-0.4, -0.2) is 36.3 Å². The molecule has 1 aliphatic rings. The molecule has 0 amide bonds. The average Bonchev–Trinajstić information content (AvgIpc) is 3.55. The number of thiazole rings is 1. The molecule has 12 heteroatoms. The number of allylic oxidation sites excluding steroid dienone is 1. The second kappa shape index (κ2) is 11.5. The maximum Gasteiger partial charge on any atom is 0.338 e. The summed E-state index contributed by atoms with van der Waals surface area (Å²) in [5.74, 6) is 0.974. The molecule has 1 aliphatic heterocycles. The van der Waals surface area contributed by atoms with Gasteiger partial charge in [0.05, 0.1) is 47.1 Å². The van der Waals surface area contributed by atoms with Gasteiger partial charge in [-0.25, -0.2) is 9.79 Å². The number of hydrogen-bond donors (Lipinski definition) is 0. The van der Waals surface area contributed by atoms with Gasteiger partial charge in [-0.1, -0.05) is 17.4 Å². The maximum atomic E-state index is 14.0. The number of benzene rings is 2. The zero-order chi connectivity index (χ0) is 30.1. The van der Waals surface area contributed by atoms with Gasteiger partial charge in [-0.3, -0.25) is 19.5 Å². The summed E-state index contributed by atoms with van der Waals surface area (Å²) in [5.41, 5.74) is 1.71. The Hall–Kier alpha value is -4.97. The minimum Gasteiger partial charge on any atom is -0.497 e. The van der Waals surface area contributed by atoms with Gasteiger partial charge in [0.15, 0.2) is 4.80 Å². The number of furan rings is 1. The third-order valence-corrected chi connectivity index (χ3v) is 7.75. The Bertz CT molecular complexity index is 1930. The van der Waals surface area contributed by atoms with Gasteiger partial charge < -0.3 is 18.6 Å². The van der Waals surface area contributed by atoms with Crippen LogP contribution in [0.15, 0.2) is 74.0 Å². The number of aromatic nitrogens is 1. The minimum atomic E-state index is -0.908. The first-order chi connectivity index (χ1) is 20.2. The Morgan fingerprint density at radius 2 is 1.93 bits per heavy atom. The molecule has 0 aliphatic carbocycles. The Morgan fingerprint density at radius 1 is 1.14 bits per heavy atom. The number of carbonyl (C=O) groups excluding carboxylic acids is 1. The van der Waals surface area contributed by atoms with E-state index in [4.69, 9.17) is 18.6 Å². The Labute approximate surface area is 243 Å². The van der Waals surface area contributed by atoms with Crippen LogP contribution in [0.5, 0.6) is 11.5 Å². The number of carbonyl (C=O) groups is 1. The molecule has 4 aromatic rings. The summed E-state index contributed by atoms with van der Waals surface area (Å²) in [6.45, 7) is 5.30. The molecule has 2 aromatic heterocycles. The van der Waals surface area contributed by atoms with E-state index in [1.165, 1.54) is 24.9 Å². The SMILES string of the molecule is CCOC(=O)C1=C(C)N=c2s/c(=C\c3ccc(-c4ccc(C)cc4[N+](=O)[O-])o3)c(=O)n2C1c1cc(OC)ccc1OC. The van der Waals surface area contributed by atoms with Crippen LogP contribution in [0.4, 0.5) is 5.69 Å². The third kappa shape index (κ3) is 5.12. The molecule has 2 aromatic carbocycles. The molecule has 0 N–H and O–H groups in total. The molecule has 42 heavy (non-hydrogen) atoms. The summed E-state index contributed by atoms with van der Waals surface area (Å²) in [6.07, 6.45) is 1.55. The van der Waals surface area contributed by atoms with Gasteiger partial charge in [-0.05, 0) is 62.7 Å². The lowest BCUT2D eigenvalue weighted by Crippen LogP contribution is -2.40. The van der Waals surface area contributed by atoms with Crippen LogP contribution in [0.1, 0.15) is 36.8 Å². The number of nitrogens with zero attached hydrogens (tertiary/aromatic N) is 3. The van der Waals surface area contributed by atoms with Crippen molar-refractivity contribution in [2.24, 2.45) is 4.99 Å². The second-order valence-electron chi connectivity index (χ2n) is 9.39. The van der Waals surface area contributed by atoms with Gasteiger partial charge in [0.2, 0.25) is 0 Å². The first kappa shape index (κ1) is 28.6. The zero-order valence-corrected chi connectivity index (χ0v) is 24.3. The number of rotatable bonds is 8. The molecular formula is C30H27N3O8S. The average molecular weight is 590 g/mol. The van der Waals surface area contributed by atoms with E-state index in [1.54, 1.807) is 69.3 Å². The number of hydrogen-bond acceptors (Lipinski definition) is 10. The van der Waals surface area contributed by atoms with Crippen molar-refractivity contribution >= 4 is 29.1 Å². The number of methoxy groups -OCH3 is 2. The van der Waals surface area contributed by atoms with Crippen LogP contribution < -0.4 is 24.4 Å². The molecule has 1 unspecified atom stereocenters. The van der Waals surface area contributed by atoms with Gasteiger partial charge in [-0.15, -0.1) is 0 Å². The molecule has 216 valence electrons. The van der Waals surface area contributed by atoms with Crippen molar-refractivity contribution in [2.45, 2.75) is 26.8 Å². The monoisotopic (exact) mass is 589 g/mol. The smallest absolute Gasteiger partial charge is 0.338 e. The highest BCUT2D eigenvalue weighted by Crippen LogP contribution is 2.38. The van der Waals surface area contributed by atoms with E-state index in [1.807, 2.05) is 0 Å². The molecule has 0 fully saturated rings. The van der Waals surface area contributed by atoms with Crippen molar-refractivity contribution in [1.82, 2.24) is 4.57 Å². The number of nitro groups is 1. The van der Waals surface area contributed by atoms with Crippen LogP contribution in [-0.2, 0) is 9.53 Å². The lowest BCUT2D eigenvalue weighted by Gasteiger charge is -2.26. The van der Waals surface area contributed by atoms with Crippen LogP contribution in [0.25, 0.3) is 17.4 Å². The summed E-state index contributed by atoms with van der Waals surface area (Å²) in [6, 6.07) is 12.4. The van der Waals surface area contributed by atoms with Crippen LogP contribution in [0.2, 0.25) is 0 Å². The number of ether oxygens (including phenoxy) is 3. The predicted octanol–water partition coefficient (Wildman–Crippen LogP) is 4.29. The molecule has 1 atom stereocenters. The fraction of sp³-hybridized carbons (Fsp3) is 0.233. The molecule has 0 radical (unpaired) electrons. The van der Waals surface area contributed by atoms with Crippen molar-refractivity contribution in [3.63, 3.8) is 0 Å². The zero-order valence-electron chi connectivity index (χ0n) is 23.5. The fourth-order valence-electron chi connectivity index (χ4n) is 4.84. The molecule has 0 bridgehead atoms. The van der Waals surface area contributed by atoms with Crippen molar-refractivity contribution in [3.05, 3.63) is 106 Å². The number of esters is 1. The number of fused-ring (bicyclic) bond motifs is 1. The van der Waals surface area contributed by atoms with Gasteiger partial charge in [0.1, 0.15) is 29.1 Å². The second-order valence-corrected chi connectivity index (χ2v) is 10.4. The normalized spacial score (nSPS) is 14.8. The van der Waals surface area contributed by atoms with E-state index in [9.17, 15) is 19.7 Å². The highest BCUT2D eigenvalue weighted by atomic mass is 32.1. The van der Waals surface area contributed by atoms with Crippen LogP contribution in [0.3, 0.4) is 0 Å². The lowest BCUT2D eigenvalue weighted by atomic mass is 9.95. The van der Waals surface area contributed by atoms with E-state index in [0.717, 1.165) is 16.9 Å². The minimum absolute atomic E-state index is 0.0792. The Kier molecular flexibility index (Phi) is 7.81. The van der Waals surface area contributed by atoms with E-state index in [-0.39, 0.29) is 22.4 Å². The first-order valence-corrected chi connectivity index (χ1v) is 13.7. The van der Waals surface area contributed by atoms with E-state index >= 15 is 0 Å². The van der Waals surface area contributed by atoms with E-state index < -0.39 is 22.5 Å². The number of nitro benzene ring substituents is 1. The fourth-order valence-corrected chi connectivity index (χ4v) is 5.87. The highest BCUT2D eigenvalue weighted by Gasteiger charge is 2.35. The molecular weight excluding hydrogens is 562 g/mol. The topological polar surface area (TPSA) is 135 Å². The standard InChI is InChI=1S/C30H27N3O8S/c1-6-40-29(35)26-17(3)31-30-32(27(26)21-14-18(38-4)8-11-23(21)39-5)28(34)25(42-30)15-19-9-12-24(41-19)20-10-7-16(2)13-22(20)33(36)37/h7-15,27H,6H2,1-5H3/b25-15-. The first-order valence-electron chi connectivity index (χ1n) is 12.9. The van der Waals surface area contributed by atoms with Crippen molar-refractivity contribution in [3.8, 4) is 22.8 Å². The summed E-state index contributed by atoms with van der Waals surface area (Å²) in [7, 11) is 3.02. The third-order valence-electron chi connectivity index (χ3n) is 6.76. The Balaban J connectivity index is 1.68. The van der Waals surface area contributed by atoms with Gasteiger partial charge >= 0.3 is 5.97 Å². The van der Waals surface area contributed by atoms with Gasteiger partial charge in [-0.2, -0.15) is 0 Å². The van der Waals surface area contributed by atoms with E-state index in [0.29, 0.717) is 44.6 Å². The molecule has 0 saturated heterocycles. The van der Waals surface area contributed by atoms with E-state index in [2.05, 4.69) is 4.99 Å². The van der Waals surface area contributed by atoms with Gasteiger partial charge in [0.25, 0.3) is 11.2 Å². The molecule has 5 rings (SSSR count). The van der Waals surface area contributed by atoms with Gasteiger partial charge in [0, 0.05) is 17.7 Å². The van der Waals surface area contributed by atoms with Crippen LogP contribution in [0, 0.1) is 17.0 Å². The van der Waals surface area contributed by atoms with Crippen molar-refractivity contribution < 1.29 is 28.3 Å².